The normalized spacial score (nSPS) is 27.1. The van der Waals surface area contributed by atoms with E-state index >= 15 is 0 Å². The summed E-state index contributed by atoms with van der Waals surface area (Å²) in [7, 11) is 0. The fourth-order valence-corrected chi connectivity index (χ4v) is 4.19. The number of nitrogens with two attached hydrogens (primary N) is 1. The molecule has 0 saturated heterocycles. The van der Waals surface area contributed by atoms with Gasteiger partial charge in [-0.05, 0) is 42.4 Å². The molecule has 1 aliphatic carbocycles. The summed E-state index contributed by atoms with van der Waals surface area (Å²) in [5, 5.41) is 1.39. The molecule has 0 aromatic heterocycles. The zero-order chi connectivity index (χ0) is 13.2. The zero-order valence-electron chi connectivity index (χ0n) is 11.2. The van der Waals surface area contributed by atoms with Crippen molar-refractivity contribution in [1.82, 2.24) is 0 Å². The number of rotatable bonds is 3. The highest BCUT2D eigenvalue weighted by Crippen LogP contribution is 2.40. The minimum atomic E-state index is 0.357. The molecule has 0 bridgehead atoms. The molecule has 0 amide bonds. The molecule has 2 rings (SSSR count). The number of hydrogen-bond donors (Lipinski definition) is 1. The van der Waals surface area contributed by atoms with Gasteiger partial charge in [0.2, 0.25) is 0 Å². The first kappa shape index (κ1) is 14.2. The minimum absolute atomic E-state index is 0.357. The Hall–Kier alpha value is -0.180. The van der Waals surface area contributed by atoms with Gasteiger partial charge in [-0.1, -0.05) is 37.6 Å². The molecule has 2 unspecified atom stereocenters. The van der Waals surface area contributed by atoms with Gasteiger partial charge in [0, 0.05) is 22.1 Å². The number of thioether (sulfide) groups is 1. The largest absolute Gasteiger partial charge is 0.327 e. The average molecular weight is 284 g/mol. The van der Waals surface area contributed by atoms with Crippen LogP contribution in [-0.4, -0.2) is 11.3 Å². The van der Waals surface area contributed by atoms with E-state index in [2.05, 4.69) is 26.0 Å². The first-order valence-electron chi connectivity index (χ1n) is 6.58. The van der Waals surface area contributed by atoms with Gasteiger partial charge in [-0.2, -0.15) is 11.8 Å². The van der Waals surface area contributed by atoms with E-state index in [1.165, 1.54) is 18.4 Å². The molecule has 3 heteroatoms. The SMILES string of the molecule is CC1(C)CCC(N)C(SCc2ccc(Cl)cc2)C1. The maximum absolute atomic E-state index is 6.25. The first-order valence-corrected chi connectivity index (χ1v) is 8.01. The van der Waals surface area contributed by atoms with Crippen molar-refractivity contribution in [3.63, 3.8) is 0 Å². The van der Waals surface area contributed by atoms with E-state index < -0.39 is 0 Å². The fraction of sp³-hybridized carbons (Fsp3) is 0.600. The molecule has 1 saturated carbocycles. The van der Waals surface area contributed by atoms with Crippen LogP contribution in [0.2, 0.25) is 5.02 Å². The molecule has 1 aromatic rings. The first-order chi connectivity index (χ1) is 8.46. The van der Waals surface area contributed by atoms with E-state index in [1.807, 2.05) is 23.9 Å². The number of halogens is 1. The molecule has 100 valence electrons. The van der Waals surface area contributed by atoms with E-state index in [-0.39, 0.29) is 0 Å². The van der Waals surface area contributed by atoms with Gasteiger partial charge in [-0.15, -0.1) is 0 Å². The molecule has 1 nitrogen and oxygen atoms in total. The molecule has 0 aliphatic heterocycles. The van der Waals surface area contributed by atoms with Crippen LogP contribution in [0.4, 0.5) is 0 Å². The van der Waals surface area contributed by atoms with Crippen molar-refractivity contribution in [3.8, 4) is 0 Å². The molecular weight excluding hydrogens is 262 g/mol. The van der Waals surface area contributed by atoms with Crippen molar-refractivity contribution in [3.05, 3.63) is 34.9 Å². The van der Waals surface area contributed by atoms with E-state index in [1.54, 1.807) is 0 Å². The van der Waals surface area contributed by atoms with Crippen molar-refractivity contribution in [2.45, 2.75) is 50.2 Å². The molecule has 1 aliphatic rings. The molecule has 2 N–H and O–H groups in total. The van der Waals surface area contributed by atoms with Gasteiger partial charge < -0.3 is 5.73 Å². The van der Waals surface area contributed by atoms with Crippen LogP contribution in [0.15, 0.2) is 24.3 Å². The van der Waals surface area contributed by atoms with Crippen LogP contribution in [0.25, 0.3) is 0 Å². The van der Waals surface area contributed by atoms with Gasteiger partial charge in [0.05, 0.1) is 0 Å². The van der Waals surface area contributed by atoms with E-state index in [4.69, 9.17) is 17.3 Å². The Labute approximate surface area is 119 Å². The van der Waals surface area contributed by atoms with E-state index in [0.717, 1.165) is 17.2 Å². The van der Waals surface area contributed by atoms with Crippen molar-refractivity contribution in [2.75, 3.05) is 0 Å². The predicted molar refractivity (Wildman–Crippen MR) is 82.1 cm³/mol. The lowest BCUT2D eigenvalue weighted by Crippen LogP contribution is -2.41. The second-order valence-electron chi connectivity index (χ2n) is 6.05. The average Bonchev–Trinajstić information content (AvgIpc) is 2.32. The summed E-state index contributed by atoms with van der Waals surface area (Å²) < 4.78 is 0. The van der Waals surface area contributed by atoms with Gasteiger partial charge >= 0.3 is 0 Å². The fourth-order valence-electron chi connectivity index (χ4n) is 2.51. The topological polar surface area (TPSA) is 26.0 Å². The Balaban J connectivity index is 1.90. The molecule has 2 atom stereocenters. The van der Waals surface area contributed by atoms with Crippen LogP contribution in [0.5, 0.6) is 0 Å². The highest BCUT2D eigenvalue weighted by atomic mass is 35.5. The van der Waals surface area contributed by atoms with Crippen LogP contribution >= 0.6 is 23.4 Å². The molecule has 18 heavy (non-hydrogen) atoms. The summed E-state index contributed by atoms with van der Waals surface area (Å²) in [5.74, 6) is 1.03. The van der Waals surface area contributed by atoms with Crippen LogP contribution in [0, 0.1) is 5.41 Å². The Bertz CT molecular complexity index is 388. The Morgan fingerprint density at radius 1 is 1.33 bits per heavy atom. The lowest BCUT2D eigenvalue weighted by Gasteiger charge is -2.38. The third kappa shape index (κ3) is 3.91. The second kappa shape index (κ2) is 5.85. The van der Waals surface area contributed by atoms with Crippen LogP contribution in [0.3, 0.4) is 0 Å². The van der Waals surface area contributed by atoms with Crippen LogP contribution in [0.1, 0.15) is 38.7 Å². The quantitative estimate of drug-likeness (QED) is 0.885. The Kier molecular flexibility index (Phi) is 4.63. The number of benzene rings is 1. The highest BCUT2D eigenvalue weighted by molar-refractivity contribution is 7.99. The summed E-state index contributed by atoms with van der Waals surface area (Å²) >= 11 is 7.89. The smallest absolute Gasteiger partial charge is 0.0406 e. The van der Waals surface area contributed by atoms with Gasteiger partial charge in [0.1, 0.15) is 0 Å². The summed E-state index contributed by atoms with van der Waals surface area (Å²) in [4.78, 5) is 0. The molecule has 0 heterocycles. The molecule has 1 fully saturated rings. The molecule has 1 aromatic carbocycles. The van der Waals surface area contributed by atoms with Crippen LogP contribution in [-0.2, 0) is 5.75 Å². The Morgan fingerprint density at radius 3 is 2.67 bits per heavy atom. The Morgan fingerprint density at radius 2 is 2.00 bits per heavy atom. The molecule has 0 spiro atoms. The number of hydrogen-bond acceptors (Lipinski definition) is 2. The summed E-state index contributed by atoms with van der Waals surface area (Å²) in [5.41, 5.74) is 8.03. The monoisotopic (exact) mass is 283 g/mol. The van der Waals surface area contributed by atoms with Crippen molar-refractivity contribution in [2.24, 2.45) is 11.1 Å². The van der Waals surface area contributed by atoms with Gasteiger partial charge in [0.25, 0.3) is 0 Å². The second-order valence-corrected chi connectivity index (χ2v) is 7.71. The predicted octanol–water partition coefficient (Wildman–Crippen LogP) is 4.48. The zero-order valence-corrected chi connectivity index (χ0v) is 12.7. The third-order valence-corrected chi connectivity index (χ3v) is 5.46. The summed E-state index contributed by atoms with van der Waals surface area (Å²) in [6, 6.07) is 8.49. The minimum Gasteiger partial charge on any atom is -0.327 e. The van der Waals surface area contributed by atoms with E-state index in [9.17, 15) is 0 Å². The maximum Gasteiger partial charge on any atom is 0.0406 e. The van der Waals surface area contributed by atoms with E-state index in [0.29, 0.717) is 16.7 Å². The summed E-state index contributed by atoms with van der Waals surface area (Å²) in [6.45, 7) is 4.71. The van der Waals surface area contributed by atoms with Crippen molar-refractivity contribution in [1.29, 1.82) is 0 Å². The van der Waals surface area contributed by atoms with Gasteiger partial charge in [-0.25, -0.2) is 0 Å². The third-order valence-electron chi connectivity index (χ3n) is 3.76. The molecule has 0 radical (unpaired) electrons. The van der Waals surface area contributed by atoms with Crippen LogP contribution < -0.4 is 5.73 Å². The van der Waals surface area contributed by atoms with Gasteiger partial charge in [0.15, 0.2) is 0 Å². The van der Waals surface area contributed by atoms with Gasteiger partial charge in [-0.3, -0.25) is 0 Å². The molecular formula is C15H22ClNS. The lowest BCUT2D eigenvalue weighted by atomic mass is 9.75. The lowest BCUT2D eigenvalue weighted by molar-refractivity contribution is 0.232. The standard InChI is InChI=1S/C15H22ClNS/c1-15(2)8-7-13(17)14(9-15)18-10-11-3-5-12(16)6-4-11/h3-6,13-14H,7-10,17H2,1-2H3. The highest BCUT2D eigenvalue weighted by Gasteiger charge is 2.33. The van der Waals surface area contributed by atoms with Crippen molar-refractivity contribution >= 4 is 23.4 Å². The maximum atomic E-state index is 6.25. The van der Waals surface area contributed by atoms with Crippen molar-refractivity contribution < 1.29 is 0 Å². The summed E-state index contributed by atoms with van der Waals surface area (Å²) in [6.07, 6.45) is 3.64.